The molecule has 0 fully saturated rings. The first-order valence-electron chi connectivity index (χ1n) is 7.23. The van der Waals surface area contributed by atoms with Gasteiger partial charge in [0, 0.05) is 25.7 Å². The van der Waals surface area contributed by atoms with Crippen molar-refractivity contribution < 1.29 is 9.90 Å². The minimum atomic E-state index is -0.788. The summed E-state index contributed by atoms with van der Waals surface area (Å²) < 4.78 is 0. The lowest BCUT2D eigenvalue weighted by atomic mass is 10.1. The lowest BCUT2D eigenvalue weighted by Gasteiger charge is -2.23. The molecular weight excluding hydrogens is 252 g/mol. The molecule has 1 aromatic carbocycles. The molecule has 0 spiro atoms. The second-order valence-corrected chi connectivity index (χ2v) is 5.30. The fraction of sp³-hybridized carbons (Fsp3) is 0.562. The van der Waals surface area contributed by atoms with Crippen LogP contribution in [-0.4, -0.2) is 42.2 Å². The number of rotatable bonds is 9. The van der Waals surface area contributed by atoms with Crippen LogP contribution in [0.3, 0.4) is 0 Å². The highest BCUT2D eigenvalue weighted by atomic mass is 16.4. The van der Waals surface area contributed by atoms with Crippen molar-refractivity contribution >= 4 is 5.97 Å². The molecule has 1 aromatic rings. The molecule has 1 rings (SSSR count). The highest BCUT2D eigenvalue weighted by molar-refractivity contribution is 5.70. The normalized spacial score (nSPS) is 12.6. The monoisotopic (exact) mass is 278 g/mol. The number of hydrogen-bond acceptors (Lipinski definition) is 3. The Morgan fingerprint density at radius 3 is 2.45 bits per heavy atom. The summed E-state index contributed by atoms with van der Waals surface area (Å²) in [6.45, 7) is 7.25. The largest absolute Gasteiger partial charge is 0.481 e. The molecule has 0 bridgehead atoms. The number of benzene rings is 1. The summed E-state index contributed by atoms with van der Waals surface area (Å²) >= 11 is 0. The van der Waals surface area contributed by atoms with Crippen LogP contribution >= 0.6 is 0 Å². The van der Waals surface area contributed by atoms with E-state index in [2.05, 4.69) is 31.1 Å². The van der Waals surface area contributed by atoms with Crippen molar-refractivity contribution in [2.24, 2.45) is 0 Å². The van der Waals surface area contributed by atoms with Crippen molar-refractivity contribution in [1.29, 1.82) is 0 Å². The molecule has 0 saturated carbocycles. The van der Waals surface area contributed by atoms with Crippen LogP contribution in [0.5, 0.6) is 0 Å². The molecule has 1 unspecified atom stereocenters. The minimum absolute atomic E-state index is 0.0907. The number of aliphatic carboxylic acids is 1. The van der Waals surface area contributed by atoms with E-state index in [9.17, 15) is 4.79 Å². The molecule has 0 aliphatic heterocycles. The van der Waals surface area contributed by atoms with Gasteiger partial charge in [-0.15, -0.1) is 0 Å². The Labute approximate surface area is 121 Å². The molecule has 4 nitrogen and oxygen atoms in total. The van der Waals surface area contributed by atoms with E-state index in [1.54, 1.807) is 0 Å². The van der Waals surface area contributed by atoms with Gasteiger partial charge in [-0.2, -0.15) is 0 Å². The topological polar surface area (TPSA) is 52.6 Å². The van der Waals surface area contributed by atoms with E-state index in [-0.39, 0.29) is 6.42 Å². The van der Waals surface area contributed by atoms with Crippen molar-refractivity contribution in [2.45, 2.75) is 39.3 Å². The Balaban J connectivity index is 2.27. The van der Waals surface area contributed by atoms with Crippen LogP contribution in [0.4, 0.5) is 0 Å². The van der Waals surface area contributed by atoms with Crippen molar-refractivity contribution in [3.8, 4) is 0 Å². The van der Waals surface area contributed by atoms with E-state index in [0.717, 1.165) is 25.2 Å². The number of carboxylic acid groups (broad SMARTS) is 1. The Kier molecular flexibility index (Phi) is 7.26. The maximum atomic E-state index is 10.6. The van der Waals surface area contributed by atoms with Crippen LogP contribution in [-0.2, 0) is 17.8 Å². The number of nitrogens with one attached hydrogen (secondary N) is 1. The van der Waals surface area contributed by atoms with Crippen molar-refractivity contribution in [2.75, 3.05) is 20.1 Å². The van der Waals surface area contributed by atoms with Gasteiger partial charge in [-0.3, -0.25) is 4.79 Å². The number of likely N-dealkylation sites (N-methyl/N-ethyl adjacent to an activating group) is 1. The fourth-order valence-electron chi connectivity index (χ4n) is 1.97. The maximum Gasteiger partial charge on any atom is 0.307 e. The van der Waals surface area contributed by atoms with Crippen LogP contribution < -0.4 is 5.32 Å². The van der Waals surface area contributed by atoms with Gasteiger partial charge in [0.2, 0.25) is 0 Å². The van der Waals surface area contributed by atoms with Gasteiger partial charge in [0.15, 0.2) is 0 Å². The zero-order chi connectivity index (χ0) is 15.0. The van der Waals surface area contributed by atoms with E-state index in [0.29, 0.717) is 6.04 Å². The van der Waals surface area contributed by atoms with E-state index in [1.165, 1.54) is 12.0 Å². The van der Waals surface area contributed by atoms with E-state index < -0.39 is 5.97 Å². The van der Waals surface area contributed by atoms with E-state index in [4.69, 9.17) is 5.11 Å². The molecule has 4 heteroatoms. The molecule has 0 amide bonds. The zero-order valence-electron chi connectivity index (χ0n) is 12.7. The molecule has 112 valence electrons. The maximum absolute atomic E-state index is 10.6. The molecule has 0 saturated heterocycles. The fourth-order valence-corrected chi connectivity index (χ4v) is 1.97. The molecule has 0 aliphatic rings. The second-order valence-electron chi connectivity index (χ2n) is 5.30. The third kappa shape index (κ3) is 6.17. The third-order valence-electron chi connectivity index (χ3n) is 3.69. The summed E-state index contributed by atoms with van der Waals surface area (Å²) in [5.41, 5.74) is 2.03. The van der Waals surface area contributed by atoms with Crippen LogP contribution in [0.15, 0.2) is 24.3 Å². The van der Waals surface area contributed by atoms with Gasteiger partial charge in [-0.1, -0.05) is 31.2 Å². The molecule has 0 heterocycles. The molecular formula is C16H26N2O2. The van der Waals surface area contributed by atoms with Gasteiger partial charge in [0.25, 0.3) is 0 Å². The lowest BCUT2D eigenvalue weighted by Crippen LogP contribution is -2.34. The summed E-state index contributed by atoms with van der Waals surface area (Å²) in [7, 11) is 2.15. The molecule has 0 aromatic heterocycles. The number of hydrogen-bond donors (Lipinski definition) is 2. The smallest absolute Gasteiger partial charge is 0.307 e. The quantitative estimate of drug-likeness (QED) is 0.680. The number of carboxylic acids is 1. The molecule has 0 radical (unpaired) electrons. The van der Waals surface area contributed by atoms with Crippen LogP contribution in [0, 0.1) is 0 Å². The Hall–Kier alpha value is -1.39. The molecule has 1 atom stereocenters. The summed E-state index contributed by atoms with van der Waals surface area (Å²) in [4.78, 5) is 12.9. The third-order valence-corrected chi connectivity index (χ3v) is 3.69. The first kappa shape index (κ1) is 16.7. The van der Waals surface area contributed by atoms with Crippen LogP contribution in [0.1, 0.15) is 31.4 Å². The van der Waals surface area contributed by atoms with Crippen molar-refractivity contribution in [3.05, 3.63) is 35.4 Å². The summed E-state index contributed by atoms with van der Waals surface area (Å²) in [5.74, 6) is -0.788. The van der Waals surface area contributed by atoms with E-state index >= 15 is 0 Å². The standard InChI is InChI=1S/C16H26N2O2/c1-4-13(2)18(3)10-9-17-12-15-7-5-14(6-8-15)11-16(19)20/h5-8,13,17H,4,9-12H2,1-3H3,(H,19,20). The summed E-state index contributed by atoms with van der Waals surface area (Å²) in [6.07, 6.45) is 1.26. The summed E-state index contributed by atoms with van der Waals surface area (Å²) in [6, 6.07) is 8.37. The van der Waals surface area contributed by atoms with Gasteiger partial charge in [0.05, 0.1) is 6.42 Å². The average Bonchev–Trinajstić information content (AvgIpc) is 2.43. The van der Waals surface area contributed by atoms with Gasteiger partial charge < -0.3 is 15.3 Å². The highest BCUT2D eigenvalue weighted by Gasteiger charge is 2.05. The average molecular weight is 278 g/mol. The first-order valence-corrected chi connectivity index (χ1v) is 7.23. The van der Waals surface area contributed by atoms with Gasteiger partial charge in [-0.05, 0) is 31.5 Å². The van der Waals surface area contributed by atoms with Gasteiger partial charge in [-0.25, -0.2) is 0 Å². The second kappa shape index (κ2) is 8.72. The Morgan fingerprint density at radius 1 is 1.30 bits per heavy atom. The number of carbonyl (C=O) groups is 1. The van der Waals surface area contributed by atoms with Gasteiger partial charge in [0.1, 0.15) is 0 Å². The predicted octanol–water partition coefficient (Wildman–Crippen LogP) is 2.13. The van der Waals surface area contributed by atoms with Crippen molar-refractivity contribution in [3.63, 3.8) is 0 Å². The zero-order valence-corrected chi connectivity index (χ0v) is 12.7. The van der Waals surface area contributed by atoms with Crippen molar-refractivity contribution in [1.82, 2.24) is 10.2 Å². The summed E-state index contributed by atoms with van der Waals surface area (Å²) in [5, 5.41) is 12.1. The highest BCUT2D eigenvalue weighted by Crippen LogP contribution is 2.05. The minimum Gasteiger partial charge on any atom is -0.481 e. The molecule has 20 heavy (non-hydrogen) atoms. The molecule has 0 aliphatic carbocycles. The molecule has 2 N–H and O–H groups in total. The SMILES string of the molecule is CCC(C)N(C)CCNCc1ccc(CC(=O)O)cc1. The van der Waals surface area contributed by atoms with E-state index in [1.807, 2.05) is 24.3 Å². The predicted molar refractivity (Wildman–Crippen MR) is 81.9 cm³/mol. The van der Waals surface area contributed by atoms with Crippen LogP contribution in [0.25, 0.3) is 0 Å². The Bertz CT molecular complexity index is 403. The lowest BCUT2D eigenvalue weighted by molar-refractivity contribution is -0.136. The van der Waals surface area contributed by atoms with Crippen LogP contribution in [0.2, 0.25) is 0 Å². The Morgan fingerprint density at radius 2 is 1.90 bits per heavy atom. The number of nitrogens with zero attached hydrogens (tertiary/aromatic N) is 1. The van der Waals surface area contributed by atoms with Gasteiger partial charge >= 0.3 is 5.97 Å². The first-order chi connectivity index (χ1) is 9.52.